The molecule has 6 N–H and O–H groups in total. The fourth-order valence-electron chi connectivity index (χ4n) is 2.29. The molecule has 1 aliphatic heterocycles. The Morgan fingerprint density at radius 1 is 1.21 bits per heavy atom. The SMILES string of the molecule is COC[C@H](O)[C@@H](OC(CO)[C@H](C)O)OC1[C@H](O)C(CO)OC[C@H]1O. The third kappa shape index (κ3) is 5.85. The van der Waals surface area contributed by atoms with E-state index in [1.165, 1.54) is 14.0 Å². The van der Waals surface area contributed by atoms with E-state index in [1.54, 1.807) is 0 Å². The van der Waals surface area contributed by atoms with Crippen LogP contribution in [0.5, 0.6) is 0 Å². The lowest BCUT2D eigenvalue weighted by molar-refractivity contribution is -0.301. The molecule has 0 aromatic heterocycles. The van der Waals surface area contributed by atoms with Crippen LogP contribution in [0.4, 0.5) is 0 Å². The highest BCUT2D eigenvalue weighted by atomic mass is 16.7. The summed E-state index contributed by atoms with van der Waals surface area (Å²) >= 11 is 0. The van der Waals surface area contributed by atoms with Crippen molar-refractivity contribution < 1.29 is 49.6 Å². The van der Waals surface area contributed by atoms with Gasteiger partial charge in [-0.1, -0.05) is 0 Å². The summed E-state index contributed by atoms with van der Waals surface area (Å²) in [4.78, 5) is 0. The van der Waals surface area contributed by atoms with Crippen LogP contribution in [0.3, 0.4) is 0 Å². The molecule has 0 radical (unpaired) electrons. The summed E-state index contributed by atoms with van der Waals surface area (Å²) in [6.07, 6.45) is -9.55. The van der Waals surface area contributed by atoms with Crippen LogP contribution in [0.2, 0.25) is 0 Å². The van der Waals surface area contributed by atoms with E-state index >= 15 is 0 Å². The number of hydrogen-bond acceptors (Lipinski definition) is 10. The average molecular weight is 356 g/mol. The van der Waals surface area contributed by atoms with Crippen molar-refractivity contribution >= 4 is 0 Å². The number of aliphatic hydroxyl groups excluding tert-OH is 6. The molecule has 0 aromatic carbocycles. The molecule has 8 atom stereocenters. The molecule has 0 aromatic rings. The van der Waals surface area contributed by atoms with Crippen molar-refractivity contribution in [3.8, 4) is 0 Å². The van der Waals surface area contributed by atoms with E-state index in [2.05, 4.69) is 0 Å². The first-order valence-corrected chi connectivity index (χ1v) is 7.71. The first-order chi connectivity index (χ1) is 11.3. The standard InChI is InChI=1S/C14H28O10/c1-7(17)10(3-15)23-14(9(19)5-21-2)24-13-8(18)6-22-11(4-16)12(13)20/h7-20H,3-6H2,1-2H3/t7-,8+,9-,10?,11?,12+,13?,14-/m0/s1. The van der Waals surface area contributed by atoms with Crippen molar-refractivity contribution in [1.82, 2.24) is 0 Å². The van der Waals surface area contributed by atoms with Crippen molar-refractivity contribution in [1.29, 1.82) is 0 Å². The Hall–Kier alpha value is -0.400. The van der Waals surface area contributed by atoms with Crippen molar-refractivity contribution in [2.75, 3.05) is 33.5 Å². The molecule has 24 heavy (non-hydrogen) atoms. The van der Waals surface area contributed by atoms with Crippen LogP contribution in [-0.4, -0.2) is 113 Å². The number of methoxy groups -OCH3 is 1. The van der Waals surface area contributed by atoms with Gasteiger partial charge in [0.05, 0.1) is 32.5 Å². The molecule has 0 amide bonds. The minimum atomic E-state index is -1.40. The molecule has 144 valence electrons. The second kappa shape index (κ2) is 10.6. The van der Waals surface area contributed by atoms with E-state index in [4.69, 9.17) is 24.1 Å². The van der Waals surface area contributed by atoms with E-state index < -0.39 is 62.2 Å². The maximum absolute atomic E-state index is 10.1. The average Bonchev–Trinajstić information content (AvgIpc) is 2.54. The molecule has 0 saturated carbocycles. The lowest BCUT2D eigenvalue weighted by Crippen LogP contribution is -2.58. The quantitative estimate of drug-likeness (QED) is 0.218. The minimum Gasteiger partial charge on any atom is -0.394 e. The molecule has 1 heterocycles. The van der Waals surface area contributed by atoms with E-state index in [0.29, 0.717) is 0 Å². The van der Waals surface area contributed by atoms with E-state index in [9.17, 15) is 25.5 Å². The van der Waals surface area contributed by atoms with Gasteiger partial charge in [-0.25, -0.2) is 0 Å². The predicted octanol–water partition coefficient (Wildman–Crippen LogP) is -3.42. The summed E-state index contributed by atoms with van der Waals surface area (Å²) in [5.41, 5.74) is 0. The van der Waals surface area contributed by atoms with Gasteiger partial charge in [0.2, 0.25) is 0 Å². The second-order valence-electron chi connectivity index (χ2n) is 5.70. The largest absolute Gasteiger partial charge is 0.394 e. The highest BCUT2D eigenvalue weighted by Gasteiger charge is 2.42. The maximum atomic E-state index is 10.1. The summed E-state index contributed by atoms with van der Waals surface area (Å²) < 4.78 is 20.7. The van der Waals surface area contributed by atoms with E-state index in [0.717, 1.165) is 0 Å². The van der Waals surface area contributed by atoms with Crippen molar-refractivity contribution in [3.63, 3.8) is 0 Å². The molecule has 10 nitrogen and oxygen atoms in total. The Balaban J connectivity index is 2.85. The van der Waals surface area contributed by atoms with Gasteiger partial charge in [-0.2, -0.15) is 0 Å². The normalized spacial score (nSPS) is 33.0. The highest BCUT2D eigenvalue weighted by molar-refractivity contribution is 4.88. The van der Waals surface area contributed by atoms with Gasteiger partial charge in [-0.15, -0.1) is 0 Å². The summed E-state index contributed by atoms with van der Waals surface area (Å²) in [6.45, 7) is 0.0180. The fourth-order valence-corrected chi connectivity index (χ4v) is 2.29. The van der Waals surface area contributed by atoms with Crippen LogP contribution in [0.1, 0.15) is 6.92 Å². The molecule has 1 aliphatic rings. The zero-order chi connectivity index (χ0) is 18.3. The molecule has 3 unspecified atom stereocenters. The van der Waals surface area contributed by atoms with Crippen LogP contribution < -0.4 is 0 Å². The van der Waals surface area contributed by atoms with Crippen molar-refractivity contribution in [2.24, 2.45) is 0 Å². The summed E-state index contributed by atoms with van der Waals surface area (Å²) in [5, 5.41) is 58.1. The van der Waals surface area contributed by atoms with Gasteiger partial charge in [0.25, 0.3) is 0 Å². The highest BCUT2D eigenvalue weighted by Crippen LogP contribution is 2.22. The summed E-state index contributed by atoms with van der Waals surface area (Å²) in [5.74, 6) is 0. The van der Waals surface area contributed by atoms with Crippen molar-refractivity contribution in [2.45, 2.75) is 55.9 Å². The predicted molar refractivity (Wildman–Crippen MR) is 79.0 cm³/mol. The Labute approximate surface area is 140 Å². The first kappa shape index (κ1) is 21.6. The molecular weight excluding hydrogens is 328 g/mol. The van der Waals surface area contributed by atoms with Gasteiger partial charge in [0, 0.05) is 7.11 Å². The van der Waals surface area contributed by atoms with Crippen LogP contribution in [0.25, 0.3) is 0 Å². The molecular formula is C14H28O10. The van der Waals surface area contributed by atoms with Crippen LogP contribution in [0.15, 0.2) is 0 Å². The Morgan fingerprint density at radius 2 is 1.88 bits per heavy atom. The minimum absolute atomic E-state index is 0.179. The van der Waals surface area contributed by atoms with Crippen LogP contribution in [0, 0.1) is 0 Å². The number of ether oxygens (including phenoxy) is 4. The van der Waals surface area contributed by atoms with Gasteiger partial charge in [-0.3, -0.25) is 0 Å². The summed E-state index contributed by atoms with van der Waals surface area (Å²) in [7, 11) is 1.35. The number of hydrogen-bond donors (Lipinski definition) is 6. The molecule has 0 bridgehead atoms. The summed E-state index contributed by atoms with van der Waals surface area (Å²) in [6, 6.07) is 0. The third-order valence-corrected chi connectivity index (χ3v) is 3.73. The first-order valence-electron chi connectivity index (χ1n) is 7.71. The zero-order valence-electron chi connectivity index (χ0n) is 13.8. The van der Waals surface area contributed by atoms with E-state index in [-0.39, 0.29) is 13.2 Å². The smallest absolute Gasteiger partial charge is 0.186 e. The monoisotopic (exact) mass is 356 g/mol. The maximum Gasteiger partial charge on any atom is 0.186 e. The van der Waals surface area contributed by atoms with Gasteiger partial charge in [-0.05, 0) is 6.92 Å². The van der Waals surface area contributed by atoms with Crippen LogP contribution in [-0.2, 0) is 18.9 Å². The zero-order valence-corrected chi connectivity index (χ0v) is 13.8. The Morgan fingerprint density at radius 3 is 2.38 bits per heavy atom. The molecule has 1 rings (SSSR count). The molecule has 0 spiro atoms. The lowest BCUT2D eigenvalue weighted by atomic mass is 10.00. The molecule has 10 heteroatoms. The molecule has 1 fully saturated rings. The lowest BCUT2D eigenvalue weighted by Gasteiger charge is -2.40. The fraction of sp³-hybridized carbons (Fsp3) is 1.00. The third-order valence-electron chi connectivity index (χ3n) is 3.73. The topological polar surface area (TPSA) is 158 Å². The number of aliphatic hydroxyl groups is 6. The molecule has 1 saturated heterocycles. The van der Waals surface area contributed by atoms with Gasteiger partial charge in [0.1, 0.15) is 36.6 Å². The van der Waals surface area contributed by atoms with Crippen molar-refractivity contribution in [3.05, 3.63) is 0 Å². The molecule has 0 aliphatic carbocycles. The van der Waals surface area contributed by atoms with E-state index in [1.807, 2.05) is 0 Å². The van der Waals surface area contributed by atoms with Crippen LogP contribution >= 0.6 is 0 Å². The van der Waals surface area contributed by atoms with Gasteiger partial charge < -0.3 is 49.6 Å². The van der Waals surface area contributed by atoms with Gasteiger partial charge >= 0.3 is 0 Å². The second-order valence-corrected chi connectivity index (χ2v) is 5.70. The number of rotatable bonds is 10. The van der Waals surface area contributed by atoms with Gasteiger partial charge in [0.15, 0.2) is 6.29 Å². The Bertz CT molecular complexity index is 342. The Kier molecular flexibility index (Phi) is 9.52.